The third-order valence-corrected chi connectivity index (χ3v) is 6.52. The molecule has 0 aromatic heterocycles. The first kappa shape index (κ1) is 23.3. The number of aliphatic hydroxyl groups excluding tert-OH is 1. The summed E-state index contributed by atoms with van der Waals surface area (Å²) in [6, 6.07) is 9.70. The smallest absolute Gasteiger partial charge is 0.295 e. The van der Waals surface area contributed by atoms with E-state index in [4.69, 9.17) is 14.2 Å². The van der Waals surface area contributed by atoms with Crippen molar-refractivity contribution >= 4 is 17.4 Å². The van der Waals surface area contributed by atoms with Crippen molar-refractivity contribution in [2.45, 2.75) is 12.5 Å². The molecular weight excluding hydrogens is 455 g/mol. The summed E-state index contributed by atoms with van der Waals surface area (Å²) in [5.41, 5.74) is 0.869. The van der Waals surface area contributed by atoms with Gasteiger partial charge in [0, 0.05) is 31.7 Å². The molecular formula is C26H27FN2O6. The highest BCUT2D eigenvalue weighted by molar-refractivity contribution is 6.46. The van der Waals surface area contributed by atoms with Crippen LogP contribution in [0.25, 0.3) is 5.76 Å². The summed E-state index contributed by atoms with van der Waals surface area (Å²) in [5, 5.41) is 11.2. The molecule has 2 saturated heterocycles. The Kier molecular flexibility index (Phi) is 6.70. The average Bonchev–Trinajstić information content (AvgIpc) is 3.14. The predicted molar refractivity (Wildman–Crippen MR) is 125 cm³/mol. The molecule has 5 rings (SSSR count). The van der Waals surface area contributed by atoms with E-state index in [9.17, 15) is 19.1 Å². The standard InChI is InChI=1S/C26H27FN2O6/c27-19-5-2-17(3-6-19)23-22(24(30)18-4-7-20-21(16-18)35-15-14-34-20)25(31)26(32)29(23)9-1-8-28-10-12-33-13-11-28/h2-7,16,23,30H,1,8-15H2/t23-/m0/s1. The van der Waals surface area contributed by atoms with Crippen molar-refractivity contribution in [2.24, 2.45) is 0 Å². The summed E-state index contributed by atoms with van der Waals surface area (Å²) in [7, 11) is 0. The fourth-order valence-corrected chi connectivity index (χ4v) is 4.74. The van der Waals surface area contributed by atoms with Gasteiger partial charge in [0.25, 0.3) is 11.7 Å². The van der Waals surface area contributed by atoms with Crippen LogP contribution >= 0.6 is 0 Å². The maximum atomic E-state index is 13.7. The van der Waals surface area contributed by atoms with E-state index >= 15 is 0 Å². The number of rotatable bonds is 6. The van der Waals surface area contributed by atoms with Crippen LogP contribution in [0.15, 0.2) is 48.0 Å². The summed E-state index contributed by atoms with van der Waals surface area (Å²) in [4.78, 5) is 30.0. The van der Waals surface area contributed by atoms with Gasteiger partial charge in [0.2, 0.25) is 0 Å². The van der Waals surface area contributed by atoms with Crippen molar-refractivity contribution in [1.82, 2.24) is 9.80 Å². The van der Waals surface area contributed by atoms with Crippen LogP contribution in [0.4, 0.5) is 4.39 Å². The van der Waals surface area contributed by atoms with E-state index in [1.165, 1.54) is 29.2 Å². The van der Waals surface area contributed by atoms with Gasteiger partial charge >= 0.3 is 0 Å². The molecule has 1 amide bonds. The molecule has 0 radical (unpaired) electrons. The van der Waals surface area contributed by atoms with Crippen LogP contribution in [0.2, 0.25) is 0 Å². The van der Waals surface area contributed by atoms with Crippen molar-refractivity contribution < 1.29 is 33.3 Å². The first-order valence-electron chi connectivity index (χ1n) is 11.8. The van der Waals surface area contributed by atoms with Crippen LogP contribution in [0.5, 0.6) is 11.5 Å². The third-order valence-electron chi connectivity index (χ3n) is 6.52. The van der Waals surface area contributed by atoms with Crippen LogP contribution < -0.4 is 9.47 Å². The van der Waals surface area contributed by atoms with Gasteiger partial charge in [-0.25, -0.2) is 4.39 Å². The Hall–Kier alpha value is -3.43. The lowest BCUT2D eigenvalue weighted by Gasteiger charge is -2.29. The van der Waals surface area contributed by atoms with Crippen LogP contribution in [0, 0.1) is 5.82 Å². The third kappa shape index (κ3) is 4.74. The fraction of sp³-hybridized carbons (Fsp3) is 0.385. The molecule has 0 unspecified atom stereocenters. The van der Waals surface area contributed by atoms with Crippen molar-refractivity contribution in [3.8, 4) is 11.5 Å². The molecule has 1 N–H and O–H groups in total. The van der Waals surface area contributed by atoms with E-state index in [2.05, 4.69) is 4.90 Å². The number of halogens is 1. The zero-order valence-electron chi connectivity index (χ0n) is 19.2. The highest BCUT2D eigenvalue weighted by Gasteiger charge is 2.46. The van der Waals surface area contributed by atoms with E-state index in [1.807, 2.05) is 0 Å². The van der Waals surface area contributed by atoms with Crippen LogP contribution in [0.1, 0.15) is 23.6 Å². The molecule has 0 aliphatic carbocycles. The Balaban J connectivity index is 1.48. The number of hydrogen-bond acceptors (Lipinski definition) is 7. The number of benzene rings is 2. The fourth-order valence-electron chi connectivity index (χ4n) is 4.74. The summed E-state index contributed by atoms with van der Waals surface area (Å²) in [6.45, 7) is 4.88. The van der Waals surface area contributed by atoms with Gasteiger partial charge in [0.15, 0.2) is 11.5 Å². The molecule has 1 atom stereocenters. The summed E-state index contributed by atoms with van der Waals surface area (Å²) >= 11 is 0. The van der Waals surface area contributed by atoms with Crippen molar-refractivity contribution in [3.05, 3.63) is 65.0 Å². The van der Waals surface area contributed by atoms with Gasteiger partial charge in [-0.05, 0) is 42.3 Å². The number of fused-ring (bicyclic) bond motifs is 1. The Morgan fingerprint density at radius 3 is 2.40 bits per heavy atom. The lowest BCUT2D eigenvalue weighted by atomic mass is 9.95. The number of amides is 1. The molecule has 0 spiro atoms. The molecule has 0 bridgehead atoms. The predicted octanol–water partition coefficient (Wildman–Crippen LogP) is 2.74. The monoisotopic (exact) mass is 482 g/mol. The molecule has 184 valence electrons. The normalized spacial score (nSPS) is 22.0. The molecule has 3 heterocycles. The minimum atomic E-state index is -0.825. The minimum Gasteiger partial charge on any atom is -0.507 e. The maximum Gasteiger partial charge on any atom is 0.295 e. The SMILES string of the molecule is O=C1C(=O)N(CCCN2CCOCC2)[C@@H](c2ccc(F)cc2)C1=C(O)c1ccc2c(c1)OCCO2. The number of carbonyl (C=O) groups is 2. The van der Waals surface area contributed by atoms with Crippen LogP contribution in [0.3, 0.4) is 0 Å². The van der Waals surface area contributed by atoms with Crippen LogP contribution in [-0.2, 0) is 14.3 Å². The van der Waals surface area contributed by atoms with Crippen molar-refractivity contribution in [3.63, 3.8) is 0 Å². The molecule has 2 fully saturated rings. The van der Waals surface area contributed by atoms with E-state index in [-0.39, 0.29) is 11.3 Å². The number of ketones is 1. The van der Waals surface area contributed by atoms with Crippen molar-refractivity contribution in [2.75, 3.05) is 52.6 Å². The van der Waals surface area contributed by atoms with E-state index in [0.717, 1.165) is 19.6 Å². The van der Waals surface area contributed by atoms with Crippen LogP contribution in [-0.4, -0.2) is 79.2 Å². The van der Waals surface area contributed by atoms with Gasteiger partial charge in [0.1, 0.15) is 24.8 Å². The van der Waals surface area contributed by atoms with Gasteiger partial charge in [-0.2, -0.15) is 0 Å². The Morgan fingerprint density at radius 1 is 0.943 bits per heavy atom. The highest BCUT2D eigenvalue weighted by atomic mass is 19.1. The summed E-state index contributed by atoms with van der Waals surface area (Å²) in [5.74, 6) is -1.17. The molecule has 35 heavy (non-hydrogen) atoms. The Labute approximate surface area is 202 Å². The van der Waals surface area contributed by atoms with Gasteiger partial charge in [-0.3, -0.25) is 14.5 Å². The van der Waals surface area contributed by atoms with Crippen molar-refractivity contribution in [1.29, 1.82) is 0 Å². The summed E-state index contributed by atoms with van der Waals surface area (Å²) in [6.07, 6.45) is 0.648. The second-order valence-electron chi connectivity index (χ2n) is 8.71. The number of ether oxygens (including phenoxy) is 3. The molecule has 0 saturated carbocycles. The lowest BCUT2D eigenvalue weighted by Crippen LogP contribution is -2.38. The largest absolute Gasteiger partial charge is 0.507 e. The first-order valence-corrected chi connectivity index (χ1v) is 11.8. The van der Waals surface area contributed by atoms with Gasteiger partial charge in [-0.1, -0.05) is 12.1 Å². The van der Waals surface area contributed by atoms with E-state index in [0.29, 0.717) is 62.0 Å². The number of hydrogen-bond donors (Lipinski definition) is 1. The average molecular weight is 483 g/mol. The van der Waals surface area contributed by atoms with Gasteiger partial charge in [-0.15, -0.1) is 0 Å². The Morgan fingerprint density at radius 2 is 1.66 bits per heavy atom. The minimum absolute atomic E-state index is 0.0235. The second kappa shape index (κ2) is 10.1. The first-order chi connectivity index (χ1) is 17.0. The quantitative estimate of drug-likeness (QED) is 0.385. The van der Waals surface area contributed by atoms with E-state index in [1.54, 1.807) is 18.2 Å². The number of aliphatic hydroxyl groups is 1. The molecule has 8 nitrogen and oxygen atoms in total. The number of carbonyl (C=O) groups excluding carboxylic acids is 2. The number of likely N-dealkylation sites (tertiary alicyclic amines) is 1. The lowest BCUT2D eigenvalue weighted by molar-refractivity contribution is -0.140. The van der Waals surface area contributed by atoms with Gasteiger partial charge < -0.3 is 24.2 Å². The summed E-state index contributed by atoms with van der Waals surface area (Å²) < 4.78 is 30.2. The molecule has 2 aromatic carbocycles. The number of nitrogens with zero attached hydrogens (tertiary/aromatic N) is 2. The zero-order chi connectivity index (χ0) is 24.4. The van der Waals surface area contributed by atoms with E-state index < -0.39 is 23.5 Å². The van der Waals surface area contributed by atoms with Gasteiger partial charge in [0.05, 0.1) is 24.8 Å². The molecule has 3 aliphatic rings. The molecule has 2 aromatic rings. The Bertz CT molecular complexity index is 1140. The zero-order valence-corrected chi connectivity index (χ0v) is 19.2. The maximum absolute atomic E-state index is 13.7. The second-order valence-corrected chi connectivity index (χ2v) is 8.71. The number of morpholine rings is 1. The highest BCUT2D eigenvalue weighted by Crippen LogP contribution is 2.41. The molecule has 3 aliphatic heterocycles. The molecule has 9 heteroatoms. The number of Topliss-reactive ketones (excluding diaryl/α,β-unsaturated/α-hetero) is 1. The topological polar surface area (TPSA) is 88.5 Å².